The zero-order valence-electron chi connectivity index (χ0n) is 8.89. The van der Waals surface area contributed by atoms with Gasteiger partial charge in [0.15, 0.2) is 0 Å². The van der Waals surface area contributed by atoms with Gasteiger partial charge in [0.25, 0.3) is 0 Å². The van der Waals surface area contributed by atoms with E-state index >= 15 is 0 Å². The topological polar surface area (TPSA) is 17.3 Å². The number of pyridine rings is 1. The predicted molar refractivity (Wildman–Crippen MR) is 57.6 cm³/mol. The monoisotopic (exact) mass is 328 g/mol. The Labute approximate surface area is 107 Å². The molecule has 0 aliphatic rings. The van der Waals surface area contributed by atoms with Crippen molar-refractivity contribution < 1.29 is 22.0 Å². The Morgan fingerprint density at radius 2 is 1.78 bits per heavy atom. The Kier molecular flexibility index (Phi) is 2.88. The van der Waals surface area contributed by atoms with Crippen LogP contribution in [-0.4, -0.2) is 15.6 Å². The lowest BCUT2D eigenvalue weighted by molar-refractivity contribution is -0.290. The average molecular weight is 329 g/mol. The fourth-order valence-electron chi connectivity index (χ4n) is 1.46. The Morgan fingerprint density at radius 1 is 1.17 bits per heavy atom. The predicted octanol–water partition coefficient (Wildman–Crippen LogP) is 4.06. The van der Waals surface area contributed by atoms with Gasteiger partial charge in [0, 0.05) is 16.4 Å². The van der Waals surface area contributed by atoms with Gasteiger partial charge in [-0.1, -0.05) is 0 Å². The molecule has 0 N–H and O–H groups in total. The van der Waals surface area contributed by atoms with Crippen LogP contribution in [0, 0.1) is 6.92 Å². The summed E-state index contributed by atoms with van der Waals surface area (Å²) in [4.78, 5) is 3.32. The van der Waals surface area contributed by atoms with Crippen molar-refractivity contribution in [1.82, 2.24) is 9.38 Å². The molecule has 8 heteroatoms. The number of hydrogen-bond donors (Lipinski definition) is 0. The third-order valence-electron chi connectivity index (χ3n) is 2.50. The molecule has 0 bridgehead atoms. The number of alkyl halides is 5. The van der Waals surface area contributed by atoms with E-state index in [1.54, 1.807) is 6.92 Å². The Bertz CT molecular complexity index is 602. The molecule has 0 saturated carbocycles. The lowest BCUT2D eigenvalue weighted by atomic mass is 10.2. The van der Waals surface area contributed by atoms with Gasteiger partial charge in [0.05, 0.1) is 0 Å². The molecule has 0 amide bonds. The highest BCUT2D eigenvalue weighted by Gasteiger charge is 2.60. The van der Waals surface area contributed by atoms with Crippen LogP contribution < -0.4 is 0 Å². The van der Waals surface area contributed by atoms with Gasteiger partial charge >= 0.3 is 12.1 Å². The largest absolute Gasteiger partial charge is 0.459 e. The second-order valence-electron chi connectivity index (χ2n) is 3.69. The highest BCUT2D eigenvalue weighted by atomic mass is 79.9. The third kappa shape index (κ3) is 1.88. The highest BCUT2D eigenvalue weighted by molar-refractivity contribution is 9.10. The summed E-state index contributed by atoms with van der Waals surface area (Å²) in [5.74, 6) is -4.96. The van der Waals surface area contributed by atoms with Crippen molar-refractivity contribution in [3.63, 3.8) is 0 Å². The molecule has 2 aromatic heterocycles. The Morgan fingerprint density at radius 3 is 2.33 bits per heavy atom. The van der Waals surface area contributed by atoms with Crippen LogP contribution >= 0.6 is 15.9 Å². The van der Waals surface area contributed by atoms with Crippen molar-refractivity contribution in [3.05, 3.63) is 34.2 Å². The van der Waals surface area contributed by atoms with Gasteiger partial charge < -0.3 is 4.40 Å². The van der Waals surface area contributed by atoms with E-state index in [1.165, 1.54) is 16.5 Å². The summed E-state index contributed by atoms with van der Waals surface area (Å²) < 4.78 is 64.7. The van der Waals surface area contributed by atoms with Gasteiger partial charge in [0.1, 0.15) is 11.3 Å². The molecule has 0 fully saturated rings. The minimum Gasteiger partial charge on any atom is -0.303 e. The smallest absolute Gasteiger partial charge is 0.303 e. The molecule has 0 saturated heterocycles. The molecule has 0 atom stereocenters. The molecule has 2 aromatic rings. The SMILES string of the molecule is Cc1c(Br)ccc2nc(C(F)(F)C(F)(F)F)cn12. The molecule has 0 aromatic carbocycles. The van der Waals surface area contributed by atoms with Crippen LogP contribution in [0.3, 0.4) is 0 Å². The molecular weight excluding hydrogens is 323 g/mol. The van der Waals surface area contributed by atoms with Crippen molar-refractivity contribution in [2.75, 3.05) is 0 Å². The quantitative estimate of drug-likeness (QED) is 0.721. The highest BCUT2D eigenvalue weighted by Crippen LogP contribution is 2.43. The Balaban J connectivity index is 2.65. The zero-order chi connectivity index (χ0) is 13.7. The van der Waals surface area contributed by atoms with Crippen LogP contribution in [-0.2, 0) is 5.92 Å². The van der Waals surface area contributed by atoms with Crippen LogP contribution in [0.4, 0.5) is 22.0 Å². The maximum absolute atomic E-state index is 13.1. The molecule has 0 aliphatic carbocycles. The summed E-state index contributed by atoms with van der Waals surface area (Å²) in [6.07, 6.45) is -4.96. The number of halogens is 6. The first kappa shape index (κ1) is 13.3. The van der Waals surface area contributed by atoms with Gasteiger partial charge in [-0.2, -0.15) is 22.0 Å². The third-order valence-corrected chi connectivity index (χ3v) is 3.33. The maximum Gasteiger partial charge on any atom is 0.459 e. The number of nitrogens with zero attached hydrogens (tertiary/aromatic N) is 2. The first-order valence-electron chi connectivity index (χ1n) is 4.74. The van der Waals surface area contributed by atoms with Gasteiger partial charge in [-0.15, -0.1) is 0 Å². The van der Waals surface area contributed by atoms with E-state index in [9.17, 15) is 22.0 Å². The average Bonchev–Trinajstić information content (AvgIpc) is 2.67. The van der Waals surface area contributed by atoms with Crippen molar-refractivity contribution in [3.8, 4) is 0 Å². The lowest BCUT2D eigenvalue weighted by Gasteiger charge is -2.16. The van der Waals surface area contributed by atoms with E-state index in [2.05, 4.69) is 20.9 Å². The number of aryl methyl sites for hydroxylation is 1. The standard InChI is InChI=1S/C10H6BrF5N2/c1-5-6(11)2-3-8-17-7(4-18(5)8)9(12,13)10(14,15)16/h2-4H,1H3. The minimum atomic E-state index is -5.66. The molecule has 0 radical (unpaired) electrons. The summed E-state index contributed by atoms with van der Waals surface area (Å²) in [6, 6.07) is 2.89. The summed E-state index contributed by atoms with van der Waals surface area (Å²) in [5.41, 5.74) is -0.782. The number of hydrogen-bond acceptors (Lipinski definition) is 1. The van der Waals surface area contributed by atoms with E-state index in [1.807, 2.05) is 0 Å². The second-order valence-corrected chi connectivity index (χ2v) is 4.55. The van der Waals surface area contributed by atoms with Crippen LogP contribution in [0.5, 0.6) is 0 Å². The van der Waals surface area contributed by atoms with Crippen LogP contribution in [0.25, 0.3) is 5.65 Å². The van der Waals surface area contributed by atoms with Crippen molar-refractivity contribution in [1.29, 1.82) is 0 Å². The molecule has 98 valence electrons. The van der Waals surface area contributed by atoms with Gasteiger partial charge in [-0.25, -0.2) is 4.98 Å². The number of fused-ring (bicyclic) bond motifs is 1. The van der Waals surface area contributed by atoms with Crippen molar-refractivity contribution >= 4 is 21.6 Å². The van der Waals surface area contributed by atoms with E-state index in [4.69, 9.17) is 0 Å². The molecule has 18 heavy (non-hydrogen) atoms. The summed E-state index contributed by atoms with van der Waals surface area (Å²) in [5, 5.41) is 0. The molecule has 0 unspecified atom stereocenters. The van der Waals surface area contributed by atoms with Crippen molar-refractivity contribution in [2.24, 2.45) is 0 Å². The molecule has 0 spiro atoms. The van der Waals surface area contributed by atoms with Crippen LogP contribution in [0.2, 0.25) is 0 Å². The number of aromatic nitrogens is 2. The van der Waals surface area contributed by atoms with E-state index < -0.39 is 17.8 Å². The first-order valence-corrected chi connectivity index (χ1v) is 5.53. The maximum atomic E-state index is 13.1. The number of imidazole rings is 1. The number of rotatable bonds is 1. The van der Waals surface area contributed by atoms with Gasteiger partial charge in [-0.3, -0.25) is 0 Å². The molecular formula is C10H6BrF5N2. The molecule has 2 nitrogen and oxygen atoms in total. The van der Waals surface area contributed by atoms with E-state index in [0.717, 1.165) is 0 Å². The second kappa shape index (κ2) is 3.91. The van der Waals surface area contributed by atoms with Crippen LogP contribution in [0.1, 0.15) is 11.4 Å². The minimum absolute atomic E-state index is 0.0367. The normalized spacial score (nSPS) is 13.3. The molecule has 2 heterocycles. The van der Waals surface area contributed by atoms with Gasteiger partial charge in [-0.05, 0) is 35.0 Å². The van der Waals surface area contributed by atoms with E-state index in [-0.39, 0.29) is 5.65 Å². The fourth-order valence-corrected chi connectivity index (χ4v) is 1.78. The zero-order valence-corrected chi connectivity index (χ0v) is 10.5. The van der Waals surface area contributed by atoms with Gasteiger partial charge in [0.2, 0.25) is 0 Å². The van der Waals surface area contributed by atoms with Crippen LogP contribution in [0.15, 0.2) is 22.8 Å². The summed E-state index contributed by atoms with van der Waals surface area (Å²) in [7, 11) is 0. The Hall–Kier alpha value is -1.18. The lowest BCUT2D eigenvalue weighted by Crippen LogP contribution is -2.33. The summed E-state index contributed by atoms with van der Waals surface area (Å²) in [6.45, 7) is 1.58. The molecule has 0 aliphatic heterocycles. The first-order chi connectivity index (χ1) is 8.14. The molecule has 2 rings (SSSR count). The van der Waals surface area contributed by atoms with E-state index in [0.29, 0.717) is 16.4 Å². The van der Waals surface area contributed by atoms with Crippen molar-refractivity contribution in [2.45, 2.75) is 19.0 Å². The summed E-state index contributed by atoms with van der Waals surface area (Å²) >= 11 is 3.16. The fraction of sp³-hybridized carbons (Fsp3) is 0.300.